The van der Waals surface area contributed by atoms with Gasteiger partial charge in [-0.05, 0) is 47.6 Å². The van der Waals surface area contributed by atoms with E-state index in [1.54, 1.807) is 0 Å². The van der Waals surface area contributed by atoms with E-state index in [0.717, 1.165) is 6.42 Å². The molecule has 0 fully saturated rings. The molecule has 1 aliphatic rings. The third kappa shape index (κ3) is 2.03. The SMILES string of the molecule is [c]1ccc(-c2ccccc2)c2c1CCCC=C2. The van der Waals surface area contributed by atoms with Crippen LogP contribution in [0.4, 0.5) is 0 Å². The van der Waals surface area contributed by atoms with Crippen molar-refractivity contribution >= 4 is 6.08 Å². The molecule has 0 amide bonds. The molecule has 1 radical (unpaired) electrons. The van der Waals surface area contributed by atoms with Crippen LogP contribution in [0.25, 0.3) is 17.2 Å². The van der Waals surface area contributed by atoms with Gasteiger partial charge in [-0.25, -0.2) is 0 Å². The van der Waals surface area contributed by atoms with Crippen molar-refractivity contribution in [1.29, 1.82) is 0 Å². The van der Waals surface area contributed by atoms with Crippen molar-refractivity contribution in [2.45, 2.75) is 19.3 Å². The first-order chi connectivity index (χ1) is 8.45. The molecule has 0 spiro atoms. The van der Waals surface area contributed by atoms with E-state index in [4.69, 9.17) is 0 Å². The molecule has 0 nitrogen and oxygen atoms in total. The predicted octanol–water partition coefficient (Wildman–Crippen LogP) is 4.50. The monoisotopic (exact) mass is 219 g/mol. The number of benzene rings is 2. The average Bonchev–Trinajstić information content (AvgIpc) is 2.64. The maximum atomic E-state index is 3.39. The van der Waals surface area contributed by atoms with Crippen molar-refractivity contribution in [1.82, 2.24) is 0 Å². The summed E-state index contributed by atoms with van der Waals surface area (Å²) in [6.07, 6.45) is 8.10. The smallest absolute Gasteiger partial charge is 0.0108 e. The van der Waals surface area contributed by atoms with Gasteiger partial charge in [0, 0.05) is 0 Å². The quantitative estimate of drug-likeness (QED) is 0.662. The lowest BCUT2D eigenvalue weighted by molar-refractivity contribution is 0.851. The Balaban J connectivity index is 2.18. The molecule has 0 saturated heterocycles. The number of rotatable bonds is 1. The molecule has 17 heavy (non-hydrogen) atoms. The summed E-state index contributed by atoms with van der Waals surface area (Å²) in [7, 11) is 0. The minimum absolute atomic E-state index is 1.14. The lowest BCUT2D eigenvalue weighted by Crippen LogP contribution is -1.91. The van der Waals surface area contributed by atoms with Crippen LogP contribution in [0, 0.1) is 6.07 Å². The van der Waals surface area contributed by atoms with Crippen LogP contribution in [0.15, 0.2) is 48.5 Å². The van der Waals surface area contributed by atoms with Crippen LogP contribution in [0.5, 0.6) is 0 Å². The van der Waals surface area contributed by atoms with Crippen LogP contribution < -0.4 is 0 Å². The van der Waals surface area contributed by atoms with Crippen LogP contribution in [0.2, 0.25) is 0 Å². The third-order valence-electron chi connectivity index (χ3n) is 3.29. The number of aryl methyl sites for hydroxylation is 1. The first-order valence-electron chi connectivity index (χ1n) is 6.21. The highest BCUT2D eigenvalue weighted by molar-refractivity contribution is 5.77. The van der Waals surface area contributed by atoms with Gasteiger partial charge >= 0.3 is 0 Å². The van der Waals surface area contributed by atoms with Crippen molar-refractivity contribution < 1.29 is 0 Å². The third-order valence-corrected chi connectivity index (χ3v) is 3.29. The first-order valence-corrected chi connectivity index (χ1v) is 6.21. The molecule has 0 bridgehead atoms. The van der Waals surface area contributed by atoms with E-state index in [-0.39, 0.29) is 0 Å². The van der Waals surface area contributed by atoms with E-state index >= 15 is 0 Å². The average molecular weight is 219 g/mol. The van der Waals surface area contributed by atoms with Gasteiger partial charge in [-0.3, -0.25) is 0 Å². The molecule has 0 N–H and O–H groups in total. The molecule has 0 heteroatoms. The summed E-state index contributed by atoms with van der Waals surface area (Å²) >= 11 is 0. The minimum Gasteiger partial charge on any atom is -0.0839 e. The predicted molar refractivity (Wildman–Crippen MR) is 72.7 cm³/mol. The number of hydrogen-bond donors (Lipinski definition) is 0. The minimum atomic E-state index is 1.14. The molecule has 0 aliphatic heterocycles. The van der Waals surface area contributed by atoms with E-state index in [1.165, 1.54) is 35.1 Å². The Morgan fingerprint density at radius 3 is 2.76 bits per heavy atom. The molecule has 0 unspecified atom stereocenters. The zero-order valence-corrected chi connectivity index (χ0v) is 9.82. The summed E-state index contributed by atoms with van der Waals surface area (Å²) in [5, 5.41) is 0. The first kappa shape index (κ1) is 10.3. The Morgan fingerprint density at radius 1 is 1.00 bits per heavy atom. The Labute approximate surface area is 103 Å². The van der Waals surface area contributed by atoms with Gasteiger partial charge in [-0.15, -0.1) is 0 Å². The molecule has 3 rings (SSSR count). The number of allylic oxidation sites excluding steroid dienone is 1. The lowest BCUT2D eigenvalue weighted by Gasteiger charge is -2.10. The molecular formula is C17H15. The fourth-order valence-corrected chi connectivity index (χ4v) is 2.42. The fourth-order valence-electron chi connectivity index (χ4n) is 2.42. The fraction of sp³-hybridized carbons (Fsp3) is 0.176. The molecule has 2 aromatic rings. The van der Waals surface area contributed by atoms with E-state index in [1.807, 2.05) is 0 Å². The second kappa shape index (κ2) is 4.58. The largest absolute Gasteiger partial charge is 0.0839 e. The van der Waals surface area contributed by atoms with E-state index in [9.17, 15) is 0 Å². The Kier molecular flexibility index (Phi) is 2.79. The van der Waals surface area contributed by atoms with E-state index in [2.05, 4.69) is 60.7 Å². The highest BCUT2D eigenvalue weighted by Crippen LogP contribution is 2.29. The zero-order valence-electron chi connectivity index (χ0n) is 9.82. The normalized spacial score (nSPS) is 14.1. The standard InChI is InChI=1S/C17H15/c1-3-8-14(9-4-1)17-13-7-11-15-10-5-2-6-12-16(15)17/h1,3-4,6-9,12-13H,2,5,10H2. The van der Waals surface area contributed by atoms with Crippen molar-refractivity contribution in [2.24, 2.45) is 0 Å². The van der Waals surface area contributed by atoms with Gasteiger partial charge in [0.2, 0.25) is 0 Å². The van der Waals surface area contributed by atoms with Crippen LogP contribution in [-0.2, 0) is 6.42 Å². The summed E-state index contributed by atoms with van der Waals surface area (Å²) in [5.74, 6) is 0. The summed E-state index contributed by atoms with van der Waals surface area (Å²) in [6.45, 7) is 0. The van der Waals surface area contributed by atoms with Crippen molar-refractivity contribution in [3.63, 3.8) is 0 Å². The second-order valence-electron chi connectivity index (χ2n) is 4.44. The van der Waals surface area contributed by atoms with Gasteiger partial charge in [-0.2, -0.15) is 0 Å². The zero-order chi connectivity index (χ0) is 11.5. The topological polar surface area (TPSA) is 0 Å². The van der Waals surface area contributed by atoms with Gasteiger partial charge in [0.25, 0.3) is 0 Å². The Bertz CT molecular complexity index is 535. The van der Waals surface area contributed by atoms with E-state index < -0.39 is 0 Å². The molecule has 83 valence electrons. The second-order valence-corrected chi connectivity index (χ2v) is 4.44. The molecule has 0 heterocycles. The maximum Gasteiger partial charge on any atom is -0.0108 e. The van der Waals surface area contributed by atoms with Gasteiger partial charge in [0.15, 0.2) is 0 Å². The summed E-state index contributed by atoms with van der Waals surface area (Å²) in [4.78, 5) is 0. The number of fused-ring (bicyclic) bond motifs is 1. The molecule has 0 atom stereocenters. The highest BCUT2D eigenvalue weighted by Gasteiger charge is 2.09. The van der Waals surface area contributed by atoms with Crippen molar-refractivity contribution in [2.75, 3.05) is 0 Å². The van der Waals surface area contributed by atoms with Crippen molar-refractivity contribution in [3.8, 4) is 11.1 Å². The molecule has 1 aliphatic carbocycles. The molecule has 0 aromatic heterocycles. The number of hydrogen-bond acceptors (Lipinski definition) is 0. The van der Waals surface area contributed by atoms with Gasteiger partial charge < -0.3 is 0 Å². The lowest BCUT2D eigenvalue weighted by atomic mass is 9.94. The van der Waals surface area contributed by atoms with Crippen LogP contribution in [0.3, 0.4) is 0 Å². The maximum absolute atomic E-state index is 3.39. The summed E-state index contributed by atoms with van der Waals surface area (Å²) in [5.41, 5.74) is 5.35. The van der Waals surface area contributed by atoms with Crippen LogP contribution in [-0.4, -0.2) is 0 Å². The van der Waals surface area contributed by atoms with Crippen molar-refractivity contribution in [3.05, 3.63) is 65.7 Å². The Hall–Kier alpha value is -1.82. The Morgan fingerprint density at radius 2 is 1.88 bits per heavy atom. The summed E-state index contributed by atoms with van der Waals surface area (Å²) in [6, 6.07) is 18.2. The van der Waals surface area contributed by atoms with E-state index in [0.29, 0.717) is 0 Å². The highest BCUT2D eigenvalue weighted by atomic mass is 14.1. The van der Waals surface area contributed by atoms with Gasteiger partial charge in [0.05, 0.1) is 0 Å². The van der Waals surface area contributed by atoms with Crippen LogP contribution >= 0.6 is 0 Å². The molecule has 2 aromatic carbocycles. The van der Waals surface area contributed by atoms with Gasteiger partial charge in [-0.1, -0.05) is 54.6 Å². The molecular weight excluding hydrogens is 204 g/mol. The molecule has 0 saturated carbocycles. The van der Waals surface area contributed by atoms with Crippen LogP contribution in [0.1, 0.15) is 24.0 Å². The summed E-state index contributed by atoms with van der Waals surface area (Å²) < 4.78 is 0. The van der Waals surface area contributed by atoms with Gasteiger partial charge in [0.1, 0.15) is 0 Å².